The predicted octanol–water partition coefficient (Wildman–Crippen LogP) is 4.98. The summed E-state index contributed by atoms with van der Waals surface area (Å²) in [5.41, 5.74) is 1.91. The van der Waals surface area contributed by atoms with Gasteiger partial charge in [0.1, 0.15) is 4.88 Å². The number of carbonyl (C=O) groups is 3. The lowest BCUT2D eigenvalue weighted by Gasteiger charge is -2.27. The molecule has 1 fully saturated rings. The van der Waals surface area contributed by atoms with E-state index in [-0.39, 0.29) is 18.4 Å². The zero-order chi connectivity index (χ0) is 23.1. The maximum atomic E-state index is 13.4. The average Bonchev–Trinajstić information content (AvgIpc) is 3.18. The number of hydrogen-bond donors (Lipinski definition) is 0. The third-order valence-corrected chi connectivity index (χ3v) is 6.62. The quantitative estimate of drug-likeness (QED) is 0.392. The van der Waals surface area contributed by atoms with Crippen LogP contribution in [0.2, 0.25) is 0 Å². The van der Waals surface area contributed by atoms with Crippen LogP contribution in [0.5, 0.6) is 0 Å². The smallest absolute Gasteiger partial charge is 0.350 e. The Bertz CT molecular complexity index is 955. The largest absolute Gasteiger partial charge is 0.462 e. The third-order valence-electron chi connectivity index (χ3n) is 5.46. The number of unbranched alkanes of at least 4 members (excludes halogenated alkanes) is 2. The highest BCUT2D eigenvalue weighted by molar-refractivity contribution is 7.17. The molecule has 0 atom stereocenters. The van der Waals surface area contributed by atoms with E-state index in [9.17, 15) is 14.4 Å². The van der Waals surface area contributed by atoms with Gasteiger partial charge in [0.2, 0.25) is 5.91 Å². The summed E-state index contributed by atoms with van der Waals surface area (Å²) in [6, 6.07) is 7.19. The molecule has 0 N–H and O–H groups in total. The SMILES string of the molecule is CCCCCN(C(=O)c1ccc(N2CCCCC2=O)cc1)c1nc(C)c(C(=O)OCC)s1. The van der Waals surface area contributed by atoms with Crippen LogP contribution in [-0.2, 0) is 9.53 Å². The van der Waals surface area contributed by atoms with Crippen LogP contribution in [0.1, 0.15) is 78.1 Å². The summed E-state index contributed by atoms with van der Waals surface area (Å²) < 4.78 is 5.12. The lowest BCUT2D eigenvalue weighted by molar-refractivity contribution is -0.119. The van der Waals surface area contributed by atoms with Gasteiger partial charge in [0.05, 0.1) is 12.3 Å². The molecule has 2 aromatic rings. The monoisotopic (exact) mass is 457 g/mol. The number of carbonyl (C=O) groups excluding carboxylic acids is 3. The van der Waals surface area contributed by atoms with Gasteiger partial charge in [0, 0.05) is 30.8 Å². The third kappa shape index (κ3) is 5.54. The summed E-state index contributed by atoms with van der Waals surface area (Å²) in [6.07, 6.45) is 5.36. The molecule has 32 heavy (non-hydrogen) atoms. The van der Waals surface area contributed by atoms with Crippen molar-refractivity contribution >= 4 is 39.9 Å². The van der Waals surface area contributed by atoms with Crippen LogP contribution >= 0.6 is 11.3 Å². The van der Waals surface area contributed by atoms with Gasteiger partial charge >= 0.3 is 5.97 Å². The fourth-order valence-corrected chi connectivity index (χ4v) is 4.69. The Morgan fingerprint density at radius 3 is 2.56 bits per heavy atom. The summed E-state index contributed by atoms with van der Waals surface area (Å²) in [6.45, 7) is 7.15. The molecule has 0 unspecified atom stereocenters. The normalized spacial score (nSPS) is 13.8. The van der Waals surface area contributed by atoms with Gasteiger partial charge in [-0.05, 0) is 57.4 Å². The Kier molecular flexibility index (Phi) is 8.39. The predicted molar refractivity (Wildman–Crippen MR) is 127 cm³/mol. The number of piperidine rings is 1. The highest BCUT2D eigenvalue weighted by atomic mass is 32.1. The number of thiazole rings is 1. The minimum Gasteiger partial charge on any atom is -0.462 e. The number of rotatable bonds is 9. The van der Waals surface area contributed by atoms with Gasteiger partial charge in [0.15, 0.2) is 5.13 Å². The number of anilines is 2. The molecular weight excluding hydrogens is 426 g/mol. The Morgan fingerprint density at radius 1 is 1.16 bits per heavy atom. The van der Waals surface area contributed by atoms with Gasteiger partial charge in [-0.25, -0.2) is 9.78 Å². The fraction of sp³-hybridized carbons (Fsp3) is 0.500. The van der Waals surface area contributed by atoms with E-state index in [4.69, 9.17) is 4.74 Å². The number of benzene rings is 1. The topological polar surface area (TPSA) is 79.8 Å². The summed E-state index contributed by atoms with van der Waals surface area (Å²) in [4.78, 5) is 46.2. The highest BCUT2D eigenvalue weighted by Crippen LogP contribution is 2.29. The molecule has 3 rings (SSSR count). The Hall–Kier alpha value is -2.74. The molecule has 0 spiro atoms. The Labute approximate surface area is 193 Å². The van der Waals surface area contributed by atoms with Gasteiger partial charge in [-0.2, -0.15) is 0 Å². The van der Waals surface area contributed by atoms with Crippen molar-refractivity contribution in [3.05, 3.63) is 40.4 Å². The van der Waals surface area contributed by atoms with E-state index in [1.54, 1.807) is 35.8 Å². The molecular formula is C24H31N3O4S. The van der Waals surface area contributed by atoms with E-state index in [2.05, 4.69) is 11.9 Å². The fourth-order valence-electron chi connectivity index (χ4n) is 3.71. The van der Waals surface area contributed by atoms with Crippen LogP contribution in [0.25, 0.3) is 0 Å². The van der Waals surface area contributed by atoms with Gasteiger partial charge < -0.3 is 9.64 Å². The number of aromatic nitrogens is 1. The van der Waals surface area contributed by atoms with Gasteiger partial charge in [-0.3, -0.25) is 14.5 Å². The van der Waals surface area contributed by atoms with Crippen molar-refractivity contribution in [2.45, 2.75) is 59.3 Å². The molecule has 1 aliphatic rings. The van der Waals surface area contributed by atoms with Gasteiger partial charge in [-0.1, -0.05) is 31.1 Å². The summed E-state index contributed by atoms with van der Waals surface area (Å²) in [5, 5.41) is 0.502. The van der Waals surface area contributed by atoms with E-state index in [1.807, 2.05) is 12.1 Å². The van der Waals surface area contributed by atoms with E-state index in [1.165, 1.54) is 11.3 Å². The lowest BCUT2D eigenvalue weighted by atomic mass is 10.1. The number of nitrogens with zero attached hydrogens (tertiary/aromatic N) is 3. The van der Waals surface area contributed by atoms with Crippen molar-refractivity contribution in [2.75, 3.05) is 29.5 Å². The van der Waals surface area contributed by atoms with Crippen LogP contribution in [0.3, 0.4) is 0 Å². The van der Waals surface area contributed by atoms with Crippen molar-refractivity contribution < 1.29 is 19.1 Å². The van der Waals surface area contributed by atoms with E-state index < -0.39 is 5.97 Å². The summed E-state index contributed by atoms with van der Waals surface area (Å²) in [7, 11) is 0. The number of amides is 2. The Morgan fingerprint density at radius 2 is 1.91 bits per heavy atom. The average molecular weight is 458 g/mol. The minimum absolute atomic E-state index is 0.126. The first-order valence-electron chi connectivity index (χ1n) is 11.3. The van der Waals surface area contributed by atoms with Crippen LogP contribution in [0.15, 0.2) is 24.3 Å². The zero-order valence-electron chi connectivity index (χ0n) is 19.1. The van der Waals surface area contributed by atoms with Crippen molar-refractivity contribution in [1.29, 1.82) is 0 Å². The van der Waals surface area contributed by atoms with E-state index >= 15 is 0 Å². The van der Waals surface area contributed by atoms with Crippen molar-refractivity contribution in [2.24, 2.45) is 0 Å². The first kappa shape index (κ1) is 23.9. The molecule has 1 saturated heterocycles. The van der Waals surface area contributed by atoms with E-state index in [0.29, 0.717) is 40.8 Å². The molecule has 2 amide bonds. The minimum atomic E-state index is -0.412. The molecule has 8 heteroatoms. The molecule has 7 nitrogen and oxygen atoms in total. The maximum absolute atomic E-state index is 13.4. The second-order valence-corrected chi connectivity index (χ2v) is 8.82. The van der Waals surface area contributed by atoms with Crippen molar-refractivity contribution in [3.63, 3.8) is 0 Å². The molecule has 0 bridgehead atoms. The molecule has 0 aliphatic carbocycles. The van der Waals surface area contributed by atoms with Gasteiger partial charge in [-0.15, -0.1) is 0 Å². The first-order valence-corrected chi connectivity index (χ1v) is 12.1. The van der Waals surface area contributed by atoms with Crippen LogP contribution in [-0.4, -0.2) is 42.5 Å². The molecule has 1 aliphatic heterocycles. The van der Waals surface area contributed by atoms with Crippen LogP contribution in [0.4, 0.5) is 10.8 Å². The van der Waals surface area contributed by atoms with Crippen molar-refractivity contribution in [3.8, 4) is 0 Å². The maximum Gasteiger partial charge on any atom is 0.350 e. The molecule has 1 aromatic carbocycles. The summed E-state index contributed by atoms with van der Waals surface area (Å²) >= 11 is 1.19. The summed E-state index contributed by atoms with van der Waals surface area (Å²) in [5.74, 6) is -0.451. The van der Waals surface area contributed by atoms with Crippen molar-refractivity contribution in [1.82, 2.24) is 4.98 Å². The number of esters is 1. The zero-order valence-corrected chi connectivity index (χ0v) is 19.9. The Balaban J connectivity index is 1.84. The molecule has 172 valence electrons. The van der Waals surface area contributed by atoms with Crippen LogP contribution < -0.4 is 9.80 Å². The molecule has 2 heterocycles. The molecule has 0 saturated carbocycles. The number of aryl methyl sites for hydroxylation is 1. The second kappa shape index (κ2) is 11.2. The second-order valence-electron chi connectivity index (χ2n) is 7.84. The van der Waals surface area contributed by atoms with E-state index in [0.717, 1.165) is 37.8 Å². The number of ether oxygens (including phenoxy) is 1. The number of hydrogen-bond acceptors (Lipinski definition) is 6. The highest BCUT2D eigenvalue weighted by Gasteiger charge is 2.25. The lowest BCUT2D eigenvalue weighted by Crippen LogP contribution is -2.35. The first-order chi connectivity index (χ1) is 15.5. The van der Waals surface area contributed by atoms with Gasteiger partial charge in [0.25, 0.3) is 5.91 Å². The standard InChI is InChI=1S/C24H31N3O4S/c1-4-6-8-16-27(24-25-17(3)21(32-24)23(30)31-5-2)22(29)18-11-13-19(14-12-18)26-15-9-7-10-20(26)28/h11-14H,4-10,15-16H2,1-3H3. The van der Waals surface area contributed by atoms with Crippen LogP contribution in [0, 0.1) is 6.92 Å². The molecule has 1 aromatic heterocycles. The molecule has 0 radical (unpaired) electrons.